The fourth-order valence-electron chi connectivity index (χ4n) is 4.18. The average molecular weight is 484 g/mol. The lowest BCUT2D eigenvalue weighted by Gasteiger charge is -2.31. The first-order valence-electron chi connectivity index (χ1n) is 11.6. The smallest absolute Gasteiger partial charge is 0.247 e. The molecule has 0 saturated heterocycles. The first kappa shape index (κ1) is 23.1. The number of furan rings is 2. The molecule has 1 N–H and O–H groups in total. The molecular formula is C27H25N5O4. The van der Waals surface area contributed by atoms with Gasteiger partial charge >= 0.3 is 0 Å². The van der Waals surface area contributed by atoms with Crippen molar-refractivity contribution in [2.75, 3.05) is 0 Å². The highest BCUT2D eigenvalue weighted by Crippen LogP contribution is 2.27. The average Bonchev–Trinajstić information content (AvgIpc) is 3.67. The maximum atomic E-state index is 13.8. The molecule has 5 aromatic rings. The second kappa shape index (κ2) is 10.3. The second-order valence-corrected chi connectivity index (χ2v) is 8.39. The third-order valence-corrected chi connectivity index (χ3v) is 5.99. The molecule has 36 heavy (non-hydrogen) atoms. The Bertz CT molecular complexity index is 1460. The molecule has 0 bridgehead atoms. The van der Waals surface area contributed by atoms with E-state index >= 15 is 0 Å². The van der Waals surface area contributed by atoms with Crippen LogP contribution in [-0.4, -0.2) is 31.7 Å². The molecule has 0 radical (unpaired) electrons. The van der Waals surface area contributed by atoms with Gasteiger partial charge in [-0.3, -0.25) is 9.59 Å². The van der Waals surface area contributed by atoms with Gasteiger partial charge in [-0.25, -0.2) is 4.68 Å². The molecule has 3 heterocycles. The van der Waals surface area contributed by atoms with E-state index < -0.39 is 6.04 Å². The zero-order valence-electron chi connectivity index (χ0n) is 19.7. The highest BCUT2D eigenvalue weighted by molar-refractivity contribution is 5.89. The van der Waals surface area contributed by atoms with Crippen molar-refractivity contribution in [3.63, 3.8) is 0 Å². The van der Waals surface area contributed by atoms with Gasteiger partial charge in [0.1, 0.15) is 29.6 Å². The molecule has 2 amide bonds. The van der Waals surface area contributed by atoms with Crippen LogP contribution in [0.15, 0.2) is 94.2 Å². The molecule has 5 rings (SSSR count). The van der Waals surface area contributed by atoms with Gasteiger partial charge < -0.3 is 19.1 Å². The number of aryl methyl sites for hydroxylation is 1. The maximum Gasteiger partial charge on any atom is 0.247 e. The minimum atomic E-state index is -0.909. The van der Waals surface area contributed by atoms with E-state index in [1.165, 1.54) is 4.90 Å². The monoisotopic (exact) mass is 483 g/mol. The summed E-state index contributed by atoms with van der Waals surface area (Å²) < 4.78 is 12.5. The van der Waals surface area contributed by atoms with Gasteiger partial charge in [0.2, 0.25) is 11.8 Å². The van der Waals surface area contributed by atoms with Gasteiger partial charge in [0, 0.05) is 0 Å². The Morgan fingerprint density at radius 3 is 2.42 bits per heavy atom. The third-order valence-electron chi connectivity index (χ3n) is 5.99. The van der Waals surface area contributed by atoms with E-state index in [2.05, 4.69) is 15.6 Å². The van der Waals surface area contributed by atoms with Gasteiger partial charge in [0.15, 0.2) is 0 Å². The summed E-state index contributed by atoms with van der Waals surface area (Å²) in [6.07, 6.45) is 3.10. The quantitative estimate of drug-likeness (QED) is 0.340. The van der Waals surface area contributed by atoms with Gasteiger partial charge in [0.25, 0.3) is 0 Å². The summed E-state index contributed by atoms with van der Waals surface area (Å²) in [5, 5.41) is 11.2. The number of amides is 2. The molecule has 182 valence electrons. The number of nitrogens with one attached hydrogen (secondary N) is 1. The van der Waals surface area contributed by atoms with Crippen LogP contribution >= 0.6 is 0 Å². The molecule has 0 saturated carbocycles. The number of carbonyl (C=O) groups is 2. The Kier molecular flexibility index (Phi) is 6.61. The summed E-state index contributed by atoms with van der Waals surface area (Å²) >= 11 is 0. The first-order valence-corrected chi connectivity index (χ1v) is 11.6. The Hall–Kier alpha value is -4.66. The van der Waals surface area contributed by atoms with Crippen molar-refractivity contribution in [1.29, 1.82) is 0 Å². The lowest BCUT2D eigenvalue weighted by molar-refractivity contribution is -0.142. The number of hydrogen-bond acceptors (Lipinski definition) is 6. The van der Waals surface area contributed by atoms with Crippen molar-refractivity contribution < 1.29 is 18.4 Å². The number of para-hydroxylation sites is 1. The second-order valence-electron chi connectivity index (χ2n) is 8.39. The van der Waals surface area contributed by atoms with E-state index in [0.717, 1.165) is 16.6 Å². The van der Waals surface area contributed by atoms with Crippen LogP contribution in [0.25, 0.3) is 11.0 Å². The lowest BCUT2D eigenvalue weighted by Crippen LogP contribution is -2.44. The van der Waals surface area contributed by atoms with E-state index in [-0.39, 0.29) is 31.4 Å². The molecule has 0 aliphatic rings. The number of carbonyl (C=O) groups excluding carboxylic acids is 2. The summed E-state index contributed by atoms with van der Waals surface area (Å²) in [6.45, 7) is 2.13. The number of hydrogen-bond donors (Lipinski definition) is 1. The van der Waals surface area contributed by atoms with Crippen molar-refractivity contribution in [3.05, 3.63) is 108 Å². The molecule has 3 aromatic heterocycles. The number of nitrogens with zero attached hydrogens (tertiary/aromatic N) is 4. The normalized spacial score (nSPS) is 11.9. The third kappa shape index (κ3) is 4.90. The van der Waals surface area contributed by atoms with Crippen LogP contribution in [0, 0.1) is 6.92 Å². The van der Waals surface area contributed by atoms with E-state index in [1.807, 2.05) is 55.5 Å². The lowest BCUT2D eigenvalue weighted by atomic mass is 9.98. The van der Waals surface area contributed by atoms with Crippen LogP contribution < -0.4 is 5.32 Å². The van der Waals surface area contributed by atoms with Crippen molar-refractivity contribution in [2.45, 2.75) is 32.6 Å². The van der Waals surface area contributed by atoms with E-state index in [9.17, 15) is 9.59 Å². The summed E-state index contributed by atoms with van der Waals surface area (Å²) in [4.78, 5) is 29.0. The minimum Gasteiger partial charge on any atom is -0.467 e. The van der Waals surface area contributed by atoms with Gasteiger partial charge in [0.05, 0.1) is 31.1 Å². The Morgan fingerprint density at radius 2 is 1.67 bits per heavy atom. The van der Waals surface area contributed by atoms with Crippen LogP contribution in [0.3, 0.4) is 0 Å². The largest absolute Gasteiger partial charge is 0.467 e. The summed E-state index contributed by atoms with van der Waals surface area (Å²) in [7, 11) is 0. The Balaban J connectivity index is 1.51. The van der Waals surface area contributed by atoms with E-state index in [0.29, 0.717) is 17.0 Å². The standard InChI is InChI=1S/C27H25N5O4/c1-19-8-2-3-11-22(19)26(27(34)28-16-20-9-6-14-35-20)31(17-21-10-7-15-36-21)25(33)18-32-24-13-5-4-12-23(24)29-30-32/h2-15,26H,16-18H2,1H3,(H,28,34)/t26-/m1/s1. The number of benzene rings is 2. The number of aromatic nitrogens is 3. The van der Waals surface area contributed by atoms with Gasteiger partial charge in [-0.1, -0.05) is 41.6 Å². The van der Waals surface area contributed by atoms with Gasteiger partial charge in [-0.2, -0.15) is 0 Å². The minimum absolute atomic E-state index is 0.0882. The molecule has 0 spiro atoms. The predicted octanol–water partition coefficient (Wildman–Crippen LogP) is 4.01. The molecule has 2 aromatic carbocycles. The van der Waals surface area contributed by atoms with Crippen molar-refractivity contribution in [1.82, 2.24) is 25.2 Å². The highest BCUT2D eigenvalue weighted by Gasteiger charge is 2.33. The van der Waals surface area contributed by atoms with Crippen molar-refractivity contribution in [2.24, 2.45) is 0 Å². The zero-order chi connectivity index (χ0) is 24.9. The Labute approximate surface area is 207 Å². The zero-order valence-corrected chi connectivity index (χ0v) is 19.7. The van der Waals surface area contributed by atoms with Crippen molar-refractivity contribution in [3.8, 4) is 0 Å². The molecule has 0 aliphatic carbocycles. The molecule has 9 nitrogen and oxygen atoms in total. The van der Waals surface area contributed by atoms with Gasteiger partial charge in [-0.05, 0) is 54.4 Å². The maximum absolute atomic E-state index is 13.8. The highest BCUT2D eigenvalue weighted by atomic mass is 16.3. The summed E-state index contributed by atoms with van der Waals surface area (Å²) in [5.74, 6) is 0.543. The molecule has 0 unspecified atom stereocenters. The number of rotatable bonds is 9. The SMILES string of the molecule is Cc1ccccc1[C@H](C(=O)NCc1ccco1)N(Cc1ccco1)C(=O)Cn1nnc2ccccc21. The fraction of sp³-hybridized carbons (Fsp3) is 0.185. The molecule has 0 aliphatic heterocycles. The van der Waals surface area contributed by atoms with Crippen LogP contribution in [-0.2, 0) is 29.2 Å². The van der Waals surface area contributed by atoms with Crippen LogP contribution in [0.2, 0.25) is 0 Å². The molecule has 1 atom stereocenters. The summed E-state index contributed by atoms with van der Waals surface area (Å²) in [6, 6.07) is 21.1. The molecular weight excluding hydrogens is 458 g/mol. The van der Waals surface area contributed by atoms with E-state index in [4.69, 9.17) is 8.83 Å². The number of fused-ring (bicyclic) bond motifs is 1. The first-order chi connectivity index (χ1) is 17.6. The van der Waals surface area contributed by atoms with Crippen LogP contribution in [0.1, 0.15) is 28.7 Å². The molecule has 9 heteroatoms. The van der Waals surface area contributed by atoms with E-state index in [1.54, 1.807) is 41.5 Å². The fourth-order valence-corrected chi connectivity index (χ4v) is 4.18. The topological polar surface area (TPSA) is 106 Å². The van der Waals surface area contributed by atoms with Crippen LogP contribution in [0.5, 0.6) is 0 Å². The van der Waals surface area contributed by atoms with Gasteiger partial charge in [-0.15, -0.1) is 5.10 Å². The molecule has 0 fully saturated rings. The van der Waals surface area contributed by atoms with Crippen molar-refractivity contribution >= 4 is 22.8 Å². The summed E-state index contributed by atoms with van der Waals surface area (Å²) in [5.41, 5.74) is 3.03. The Morgan fingerprint density at radius 1 is 0.944 bits per heavy atom. The predicted molar refractivity (Wildman–Crippen MR) is 131 cm³/mol. The van der Waals surface area contributed by atoms with Crippen LogP contribution in [0.4, 0.5) is 0 Å².